The maximum Gasteiger partial charge on any atom is 0.418 e. The van der Waals surface area contributed by atoms with E-state index < -0.39 is 40.6 Å². The summed E-state index contributed by atoms with van der Waals surface area (Å²) in [6, 6.07) is 2.16. The van der Waals surface area contributed by atoms with Crippen LogP contribution in [0.5, 0.6) is 0 Å². The Kier molecular flexibility index (Phi) is 4.79. The molecular formula is C16H17F3N2O4. The quantitative estimate of drug-likeness (QED) is 0.883. The van der Waals surface area contributed by atoms with E-state index in [0.717, 1.165) is 12.1 Å². The number of aromatic nitrogens is 1. The summed E-state index contributed by atoms with van der Waals surface area (Å²) in [7, 11) is 0. The van der Waals surface area contributed by atoms with Crippen LogP contribution in [-0.2, 0) is 10.9 Å². The summed E-state index contributed by atoms with van der Waals surface area (Å²) in [5.74, 6) is -0.347. The molecule has 136 valence electrons. The molecule has 0 saturated heterocycles. The predicted octanol–water partition coefficient (Wildman–Crippen LogP) is 3.79. The molecule has 0 aliphatic rings. The van der Waals surface area contributed by atoms with Gasteiger partial charge in [0.25, 0.3) is 0 Å². The Bertz CT molecular complexity index is 853. The van der Waals surface area contributed by atoms with Crippen LogP contribution in [0.4, 0.5) is 18.0 Å². The highest BCUT2D eigenvalue weighted by molar-refractivity contribution is 5.81. The highest BCUT2D eigenvalue weighted by Gasteiger charge is 2.34. The Hall–Kier alpha value is -2.58. The standard InChI is InChI=1S/C16H17F3N2O4/c1-8(20-14(23)25-15(2,3)4)12-21-11-9(13(22)24-12)6-5-7-10(11)16(17,18)19/h5-8H,1-4H3,(H,20,23)/t8-/m1/s1. The summed E-state index contributed by atoms with van der Waals surface area (Å²) in [6.07, 6.45) is -5.49. The number of rotatable bonds is 2. The highest BCUT2D eigenvalue weighted by Crippen LogP contribution is 2.33. The minimum Gasteiger partial charge on any atom is -0.444 e. The molecule has 0 spiro atoms. The van der Waals surface area contributed by atoms with Gasteiger partial charge in [0.05, 0.1) is 16.5 Å². The number of carbonyl (C=O) groups is 1. The van der Waals surface area contributed by atoms with Crippen molar-refractivity contribution in [2.24, 2.45) is 0 Å². The van der Waals surface area contributed by atoms with Crippen molar-refractivity contribution in [1.82, 2.24) is 10.3 Å². The van der Waals surface area contributed by atoms with Crippen LogP contribution in [0.2, 0.25) is 0 Å². The molecule has 2 aromatic rings. The molecule has 0 unspecified atom stereocenters. The molecule has 1 heterocycles. The van der Waals surface area contributed by atoms with Crippen molar-refractivity contribution >= 4 is 17.0 Å². The van der Waals surface area contributed by atoms with Gasteiger partial charge in [-0.3, -0.25) is 0 Å². The van der Waals surface area contributed by atoms with Gasteiger partial charge >= 0.3 is 17.9 Å². The number of carbonyl (C=O) groups excluding carboxylic acids is 1. The minimum absolute atomic E-state index is 0.289. The molecule has 2 rings (SSSR count). The van der Waals surface area contributed by atoms with E-state index in [4.69, 9.17) is 9.15 Å². The van der Waals surface area contributed by atoms with Gasteiger partial charge in [-0.25, -0.2) is 14.6 Å². The normalized spacial score (nSPS) is 13.6. The van der Waals surface area contributed by atoms with Gasteiger partial charge in [-0.05, 0) is 39.8 Å². The summed E-state index contributed by atoms with van der Waals surface area (Å²) in [4.78, 5) is 27.5. The molecule has 1 N–H and O–H groups in total. The van der Waals surface area contributed by atoms with E-state index in [2.05, 4.69) is 10.3 Å². The van der Waals surface area contributed by atoms with Crippen LogP contribution >= 0.6 is 0 Å². The Morgan fingerprint density at radius 2 is 1.92 bits per heavy atom. The molecule has 1 atom stereocenters. The van der Waals surface area contributed by atoms with Gasteiger partial charge in [0.2, 0.25) is 5.89 Å². The predicted molar refractivity (Wildman–Crippen MR) is 83.1 cm³/mol. The molecule has 0 aliphatic carbocycles. The van der Waals surface area contributed by atoms with Crippen molar-refractivity contribution in [3.05, 3.63) is 40.1 Å². The van der Waals surface area contributed by atoms with Crippen LogP contribution in [-0.4, -0.2) is 16.7 Å². The number of amides is 1. The fraction of sp³-hybridized carbons (Fsp3) is 0.438. The van der Waals surface area contributed by atoms with Crippen molar-refractivity contribution in [2.45, 2.75) is 45.5 Å². The number of hydrogen-bond acceptors (Lipinski definition) is 5. The van der Waals surface area contributed by atoms with Gasteiger partial charge in [-0.1, -0.05) is 6.07 Å². The molecule has 0 bridgehead atoms. The molecule has 9 heteroatoms. The van der Waals surface area contributed by atoms with Crippen molar-refractivity contribution < 1.29 is 27.1 Å². The van der Waals surface area contributed by atoms with E-state index in [0.29, 0.717) is 0 Å². The number of para-hydroxylation sites is 1. The average Bonchev–Trinajstić information content (AvgIpc) is 2.43. The lowest BCUT2D eigenvalue weighted by molar-refractivity contribution is -0.136. The third-order valence-corrected chi connectivity index (χ3v) is 3.08. The zero-order valence-electron chi connectivity index (χ0n) is 14.0. The monoisotopic (exact) mass is 358 g/mol. The number of ether oxygens (including phenoxy) is 1. The van der Waals surface area contributed by atoms with E-state index in [1.165, 1.54) is 13.0 Å². The second-order valence-electron chi connectivity index (χ2n) is 6.41. The summed E-state index contributed by atoms with van der Waals surface area (Å²) in [5, 5.41) is 2.08. The van der Waals surface area contributed by atoms with Crippen molar-refractivity contribution in [3.63, 3.8) is 0 Å². The Morgan fingerprint density at radius 3 is 2.48 bits per heavy atom. The Balaban J connectivity index is 2.43. The lowest BCUT2D eigenvalue weighted by atomic mass is 10.1. The van der Waals surface area contributed by atoms with Gasteiger partial charge in [-0.15, -0.1) is 0 Å². The Labute approximate surface area is 141 Å². The SMILES string of the molecule is C[C@@H](NC(=O)OC(C)(C)C)c1nc2c(C(F)(F)F)cccc2c(=O)o1. The molecule has 0 aliphatic heterocycles. The number of alkyl carbamates (subject to hydrolysis) is 1. The van der Waals surface area contributed by atoms with E-state index in [9.17, 15) is 22.8 Å². The fourth-order valence-corrected chi connectivity index (χ4v) is 2.07. The zero-order valence-corrected chi connectivity index (χ0v) is 14.0. The van der Waals surface area contributed by atoms with Crippen LogP contribution in [0, 0.1) is 0 Å². The second-order valence-corrected chi connectivity index (χ2v) is 6.41. The zero-order chi connectivity index (χ0) is 19.0. The fourth-order valence-electron chi connectivity index (χ4n) is 2.07. The van der Waals surface area contributed by atoms with Crippen LogP contribution in [0.25, 0.3) is 10.9 Å². The molecule has 1 amide bonds. The summed E-state index contributed by atoms with van der Waals surface area (Å²) >= 11 is 0. The van der Waals surface area contributed by atoms with Crippen LogP contribution in [0.15, 0.2) is 27.4 Å². The molecule has 0 fully saturated rings. The number of nitrogens with one attached hydrogen (secondary N) is 1. The number of halogens is 3. The molecular weight excluding hydrogens is 341 g/mol. The van der Waals surface area contributed by atoms with E-state index in [-0.39, 0.29) is 11.3 Å². The molecule has 1 aromatic heterocycles. The minimum atomic E-state index is -4.68. The maximum atomic E-state index is 13.1. The molecule has 6 nitrogen and oxygen atoms in total. The van der Waals surface area contributed by atoms with Crippen molar-refractivity contribution in [2.75, 3.05) is 0 Å². The van der Waals surface area contributed by atoms with Crippen LogP contribution in [0.3, 0.4) is 0 Å². The number of hydrogen-bond donors (Lipinski definition) is 1. The number of fused-ring (bicyclic) bond motifs is 1. The number of nitrogens with zero attached hydrogens (tertiary/aromatic N) is 1. The van der Waals surface area contributed by atoms with Gasteiger partial charge < -0.3 is 14.5 Å². The second kappa shape index (κ2) is 6.38. The number of alkyl halides is 3. The number of benzene rings is 1. The van der Waals surface area contributed by atoms with Crippen molar-refractivity contribution in [3.8, 4) is 0 Å². The van der Waals surface area contributed by atoms with Gasteiger partial charge in [0.15, 0.2) is 0 Å². The topological polar surface area (TPSA) is 81.4 Å². The summed E-state index contributed by atoms with van der Waals surface area (Å²) < 4.78 is 49.3. The lowest BCUT2D eigenvalue weighted by Crippen LogP contribution is -2.34. The third kappa shape index (κ3) is 4.49. The van der Waals surface area contributed by atoms with E-state index in [1.54, 1.807) is 20.8 Å². The maximum absolute atomic E-state index is 13.1. The smallest absolute Gasteiger partial charge is 0.418 e. The average molecular weight is 358 g/mol. The molecule has 0 saturated carbocycles. The molecule has 25 heavy (non-hydrogen) atoms. The van der Waals surface area contributed by atoms with E-state index in [1.807, 2.05) is 0 Å². The molecule has 1 aromatic carbocycles. The highest BCUT2D eigenvalue weighted by atomic mass is 19.4. The lowest BCUT2D eigenvalue weighted by Gasteiger charge is -2.21. The van der Waals surface area contributed by atoms with Crippen LogP contribution < -0.4 is 10.9 Å². The molecule has 0 radical (unpaired) electrons. The van der Waals surface area contributed by atoms with Gasteiger partial charge in [0, 0.05) is 0 Å². The van der Waals surface area contributed by atoms with Crippen molar-refractivity contribution in [1.29, 1.82) is 0 Å². The van der Waals surface area contributed by atoms with E-state index >= 15 is 0 Å². The summed E-state index contributed by atoms with van der Waals surface area (Å²) in [5.41, 5.74) is -3.31. The van der Waals surface area contributed by atoms with Gasteiger partial charge in [0.1, 0.15) is 11.6 Å². The third-order valence-electron chi connectivity index (χ3n) is 3.08. The first-order chi connectivity index (χ1) is 11.4. The Morgan fingerprint density at radius 1 is 1.28 bits per heavy atom. The van der Waals surface area contributed by atoms with Crippen LogP contribution in [0.1, 0.15) is 45.2 Å². The first kappa shape index (κ1) is 18.8. The first-order valence-corrected chi connectivity index (χ1v) is 7.39. The van der Waals surface area contributed by atoms with Gasteiger partial charge in [-0.2, -0.15) is 13.2 Å². The first-order valence-electron chi connectivity index (χ1n) is 7.39. The summed E-state index contributed by atoms with van der Waals surface area (Å²) in [6.45, 7) is 6.38. The largest absolute Gasteiger partial charge is 0.444 e.